The summed E-state index contributed by atoms with van der Waals surface area (Å²) in [4.78, 5) is 11.4. The van der Waals surface area contributed by atoms with Crippen molar-refractivity contribution in [1.29, 1.82) is 0 Å². The van der Waals surface area contributed by atoms with E-state index in [0.29, 0.717) is 12.2 Å². The number of hydrogen-bond acceptors (Lipinski definition) is 1. The predicted octanol–water partition coefficient (Wildman–Crippen LogP) is 3.33. The van der Waals surface area contributed by atoms with Crippen molar-refractivity contribution in [2.75, 3.05) is 0 Å². The number of carbonyl (C=O) groups is 1. The fourth-order valence-corrected chi connectivity index (χ4v) is 2.18. The first-order valence-corrected chi connectivity index (χ1v) is 5.78. The van der Waals surface area contributed by atoms with Crippen molar-refractivity contribution in [3.8, 4) is 12.3 Å². The summed E-state index contributed by atoms with van der Waals surface area (Å²) in [6.45, 7) is 0. The molecule has 14 heavy (non-hydrogen) atoms. The topological polar surface area (TPSA) is 17.1 Å². The summed E-state index contributed by atoms with van der Waals surface area (Å²) in [6.07, 6.45) is 14.8. The summed E-state index contributed by atoms with van der Waals surface area (Å²) in [7, 11) is 0. The third kappa shape index (κ3) is 4.46. The molecule has 1 heteroatoms. The molecule has 1 rings (SSSR count). The van der Waals surface area contributed by atoms with Crippen LogP contribution in [0.25, 0.3) is 0 Å². The van der Waals surface area contributed by atoms with Crippen molar-refractivity contribution in [1.82, 2.24) is 0 Å². The third-order valence-corrected chi connectivity index (χ3v) is 3.08. The van der Waals surface area contributed by atoms with Crippen LogP contribution < -0.4 is 0 Å². The quantitative estimate of drug-likeness (QED) is 0.466. The Morgan fingerprint density at radius 3 is 2.64 bits per heavy atom. The van der Waals surface area contributed by atoms with Gasteiger partial charge in [-0.2, -0.15) is 0 Å². The van der Waals surface area contributed by atoms with Gasteiger partial charge in [-0.15, -0.1) is 12.3 Å². The van der Waals surface area contributed by atoms with Crippen molar-refractivity contribution >= 4 is 5.78 Å². The Balaban J connectivity index is 2.00. The summed E-state index contributed by atoms with van der Waals surface area (Å²) in [5.74, 6) is 3.82. The van der Waals surface area contributed by atoms with Gasteiger partial charge in [-0.3, -0.25) is 4.79 Å². The molecule has 0 aromatic heterocycles. The van der Waals surface area contributed by atoms with E-state index in [1.165, 1.54) is 25.7 Å². The summed E-state index contributed by atoms with van der Waals surface area (Å²) in [5, 5.41) is 0. The lowest BCUT2D eigenvalue weighted by atomic mass is 9.98. The van der Waals surface area contributed by atoms with Gasteiger partial charge in [0.25, 0.3) is 0 Å². The molecular formula is C13H20O. The van der Waals surface area contributed by atoms with Gasteiger partial charge < -0.3 is 0 Å². The van der Waals surface area contributed by atoms with Crippen LogP contribution in [0.3, 0.4) is 0 Å². The Morgan fingerprint density at radius 2 is 2.00 bits per heavy atom. The molecule has 0 amide bonds. The van der Waals surface area contributed by atoms with Crippen LogP contribution in [0.1, 0.15) is 57.8 Å². The molecule has 1 aliphatic carbocycles. The second-order valence-electron chi connectivity index (χ2n) is 4.29. The van der Waals surface area contributed by atoms with Gasteiger partial charge in [0.05, 0.1) is 0 Å². The van der Waals surface area contributed by atoms with E-state index in [4.69, 9.17) is 6.42 Å². The maximum Gasteiger partial charge on any atom is 0.132 e. The molecule has 1 aliphatic rings. The van der Waals surface area contributed by atoms with E-state index in [-0.39, 0.29) is 0 Å². The Morgan fingerprint density at radius 1 is 1.29 bits per heavy atom. The average molecular weight is 192 g/mol. The van der Waals surface area contributed by atoms with E-state index in [1.54, 1.807) is 0 Å². The molecule has 0 atom stereocenters. The minimum atomic E-state index is 0.409. The first-order chi connectivity index (χ1) is 6.83. The number of unbranched alkanes of at least 4 members (excludes halogenated alkanes) is 1. The molecule has 0 N–H and O–H groups in total. The van der Waals surface area contributed by atoms with E-state index in [0.717, 1.165) is 31.6 Å². The summed E-state index contributed by atoms with van der Waals surface area (Å²) < 4.78 is 0. The van der Waals surface area contributed by atoms with Gasteiger partial charge in [0.2, 0.25) is 0 Å². The van der Waals surface area contributed by atoms with E-state index in [1.807, 2.05) is 0 Å². The third-order valence-electron chi connectivity index (χ3n) is 3.08. The first kappa shape index (κ1) is 11.3. The normalized spacial score (nSPS) is 16.8. The van der Waals surface area contributed by atoms with E-state index >= 15 is 0 Å². The van der Waals surface area contributed by atoms with Gasteiger partial charge in [0, 0.05) is 19.3 Å². The molecule has 1 saturated carbocycles. The van der Waals surface area contributed by atoms with Crippen LogP contribution in [0.4, 0.5) is 0 Å². The molecule has 0 aromatic carbocycles. The molecule has 0 radical (unpaired) electrons. The van der Waals surface area contributed by atoms with E-state index in [9.17, 15) is 4.79 Å². The molecule has 0 aliphatic heterocycles. The van der Waals surface area contributed by atoms with Crippen LogP contribution >= 0.6 is 0 Å². The van der Waals surface area contributed by atoms with Crippen LogP contribution in [-0.2, 0) is 4.79 Å². The monoisotopic (exact) mass is 192 g/mol. The van der Waals surface area contributed by atoms with Crippen molar-refractivity contribution in [2.24, 2.45) is 5.92 Å². The molecule has 0 bridgehead atoms. The predicted molar refractivity (Wildman–Crippen MR) is 58.9 cm³/mol. The Hall–Kier alpha value is -0.770. The molecule has 0 spiro atoms. The summed E-state index contributed by atoms with van der Waals surface area (Å²) in [6, 6.07) is 0. The zero-order valence-corrected chi connectivity index (χ0v) is 8.93. The van der Waals surface area contributed by atoms with Crippen LogP contribution in [0.15, 0.2) is 0 Å². The van der Waals surface area contributed by atoms with Gasteiger partial charge in [-0.25, -0.2) is 0 Å². The average Bonchev–Trinajstić information content (AvgIpc) is 2.68. The zero-order chi connectivity index (χ0) is 10.2. The van der Waals surface area contributed by atoms with Gasteiger partial charge in [-0.1, -0.05) is 25.7 Å². The Kier molecular flexibility index (Phi) is 5.37. The summed E-state index contributed by atoms with van der Waals surface area (Å²) in [5.41, 5.74) is 0. The maximum absolute atomic E-state index is 11.4. The molecular weight excluding hydrogens is 172 g/mol. The lowest BCUT2D eigenvalue weighted by Gasteiger charge is -2.06. The Bertz CT molecular complexity index is 206. The second kappa shape index (κ2) is 6.65. The zero-order valence-electron chi connectivity index (χ0n) is 8.93. The van der Waals surface area contributed by atoms with Crippen molar-refractivity contribution < 1.29 is 4.79 Å². The van der Waals surface area contributed by atoms with E-state index < -0.39 is 0 Å². The maximum atomic E-state index is 11.4. The summed E-state index contributed by atoms with van der Waals surface area (Å²) >= 11 is 0. The molecule has 0 saturated heterocycles. The van der Waals surface area contributed by atoms with Gasteiger partial charge in [0.1, 0.15) is 5.78 Å². The molecule has 0 heterocycles. The van der Waals surface area contributed by atoms with Crippen molar-refractivity contribution in [3.63, 3.8) is 0 Å². The number of terminal acetylenes is 1. The lowest BCUT2D eigenvalue weighted by molar-refractivity contribution is -0.119. The molecule has 78 valence electrons. The highest BCUT2D eigenvalue weighted by Crippen LogP contribution is 2.28. The number of carbonyl (C=O) groups excluding carboxylic acids is 1. The number of rotatable bonds is 6. The van der Waals surface area contributed by atoms with Crippen LogP contribution in [0.2, 0.25) is 0 Å². The Labute approximate surface area is 87.3 Å². The second-order valence-corrected chi connectivity index (χ2v) is 4.29. The van der Waals surface area contributed by atoms with Gasteiger partial charge >= 0.3 is 0 Å². The smallest absolute Gasteiger partial charge is 0.132 e. The van der Waals surface area contributed by atoms with Crippen LogP contribution in [0.5, 0.6) is 0 Å². The molecule has 1 nitrogen and oxygen atoms in total. The highest BCUT2D eigenvalue weighted by molar-refractivity contribution is 5.78. The largest absolute Gasteiger partial charge is 0.300 e. The van der Waals surface area contributed by atoms with Gasteiger partial charge in [0.15, 0.2) is 0 Å². The van der Waals surface area contributed by atoms with Gasteiger partial charge in [-0.05, 0) is 18.8 Å². The fraction of sp³-hybridized carbons (Fsp3) is 0.769. The fourth-order valence-electron chi connectivity index (χ4n) is 2.18. The molecule has 0 unspecified atom stereocenters. The first-order valence-electron chi connectivity index (χ1n) is 5.78. The molecule has 1 fully saturated rings. The lowest BCUT2D eigenvalue weighted by Crippen LogP contribution is -2.01. The van der Waals surface area contributed by atoms with Crippen LogP contribution in [-0.4, -0.2) is 5.78 Å². The van der Waals surface area contributed by atoms with Crippen LogP contribution in [0, 0.1) is 18.3 Å². The number of Topliss-reactive ketones (excluding diaryl/α,β-unsaturated/α-hetero) is 1. The number of ketones is 1. The highest BCUT2D eigenvalue weighted by atomic mass is 16.1. The minimum absolute atomic E-state index is 0.409. The SMILES string of the molecule is C#CCCCC(=O)CCC1CCCC1. The molecule has 0 aromatic rings. The highest BCUT2D eigenvalue weighted by Gasteiger charge is 2.15. The van der Waals surface area contributed by atoms with E-state index in [2.05, 4.69) is 5.92 Å². The standard InChI is InChI=1S/C13H20O/c1-2-3-4-9-13(14)11-10-12-7-5-6-8-12/h1,12H,3-11H2. The van der Waals surface area contributed by atoms with Crippen molar-refractivity contribution in [2.45, 2.75) is 57.8 Å². The minimum Gasteiger partial charge on any atom is -0.300 e. The van der Waals surface area contributed by atoms with Crippen molar-refractivity contribution in [3.05, 3.63) is 0 Å². The number of hydrogen-bond donors (Lipinski definition) is 0.